The average Bonchev–Trinajstić information content (AvgIpc) is 3.55. The molecule has 0 bridgehead atoms. The third-order valence-electron chi connectivity index (χ3n) is 7.97. The second-order valence-electron chi connectivity index (χ2n) is 10.0. The summed E-state index contributed by atoms with van der Waals surface area (Å²) in [7, 11) is 0. The van der Waals surface area contributed by atoms with Crippen molar-refractivity contribution in [1.29, 1.82) is 0 Å². The van der Waals surface area contributed by atoms with Crippen molar-refractivity contribution < 1.29 is 29.7 Å². The zero-order valence-electron chi connectivity index (χ0n) is 20.4. The summed E-state index contributed by atoms with van der Waals surface area (Å²) >= 11 is 0. The summed E-state index contributed by atoms with van der Waals surface area (Å²) in [5.74, 6) is -4.08. The summed E-state index contributed by atoms with van der Waals surface area (Å²) in [6.07, 6.45) is 10.7. The van der Waals surface area contributed by atoms with Crippen molar-refractivity contribution in [1.82, 2.24) is 0 Å². The number of carbonyl (C=O) groups is 3. The Morgan fingerprint density at radius 2 is 1.43 bits per heavy atom. The van der Waals surface area contributed by atoms with Crippen molar-refractivity contribution in [3.63, 3.8) is 0 Å². The predicted molar refractivity (Wildman–Crippen MR) is 134 cm³/mol. The van der Waals surface area contributed by atoms with Gasteiger partial charge in [0.05, 0.1) is 0 Å². The van der Waals surface area contributed by atoms with Crippen molar-refractivity contribution in [2.24, 2.45) is 23.2 Å². The smallest absolute Gasteiger partial charge is 0.331 e. The van der Waals surface area contributed by atoms with Gasteiger partial charge < -0.3 is 15.3 Å². The van der Waals surface area contributed by atoms with Gasteiger partial charge in [0, 0.05) is 28.1 Å². The van der Waals surface area contributed by atoms with Crippen molar-refractivity contribution in [3.05, 3.63) is 71.3 Å². The summed E-state index contributed by atoms with van der Waals surface area (Å²) in [6.45, 7) is 5.47. The molecule has 1 aromatic carbocycles. The molecule has 1 aromatic rings. The van der Waals surface area contributed by atoms with E-state index in [1.165, 1.54) is 13.0 Å². The number of carboxylic acids is 3. The lowest BCUT2D eigenvalue weighted by molar-refractivity contribution is -0.135. The molecule has 0 aliphatic heterocycles. The second kappa shape index (κ2) is 11.5. The first-order chi connectivity index (χ1) is 16.7. The van der Waals surface area contributed by atoms with Gasteiger partial charge in [-0.2, -0.15) is 0 Å². The monoisotopic (exact) mass is 480 g/mol. The van der Waals surface area contributed by atoms with E-state index in [-0.39, 0.29) is 28.6 Å². The summed E-state index contributed by atoms with van der Waals surface area (Å²) in [4.78, 5) is 36.8. The molecule has 0 amide bonds. The quantitative estimate of drug-likeness (QED) is 0.340. The highest BCUT2D eigenvalue weighted by Gasteiger charge is 2.50. The average molecular weight is 481 g/mol. The molecule has 2 saturated carbocycles. The molecule has 2 fully saturated rings. The molecule has 3 N–H and O–H groups in total. The molecule has 2 aliphatic rings. The molecule has 6 heteroatoms. The molecule has 0 heterocycles. The van der Waals surface area contributed by atoms with E-state index in [0.717, 1.165) is 56.9 Å². The third-order valence-corrected chi connectivity index (χ3v) is 7.97. The predicted octanol–water partition coefficient (Wildman–Crippen LogP) is 5.89. The first kappa shape index (κ1) is 26.5. The summed E-state index contributed by atoms with van der Waals surface area (Å²) in [6, 6.07) is 9.35. The van der Waals surface area contributed by atoms with E-state index < -0.39 is 29.2 Å². The van der Waals surface area contributed by atoms with E-state index in [2.05, 4.69) is 6.58 Å². The van der Waals surface area contributed by atoms with E-state index in [0.29, 0.717) is 6.42 Å². The molecule has 1 atom stereocenters. The van der Waals surface area contributed by atoms with E-state index >= 15 is 0 Å². The molecule has 6 nitrogen and oxygen atoms in total. The normalized spacial score (nSPS) is 19.0. The van der Waals surface area contributed by atoms with Gasteiger partial charge in [-0.3, -0.25) is 0 Å². The maximum atomic E-state index is 12.8. The molecule has 35 heavy (non-hydrogen) atoms. The highest BCUT2D eigenvalue weighted by Crippen LogP contribution is 2.56. The maximum absolute atomic E-state index is 12.8. The molecule has 1 unspecified atom stereocenters. The van der Waals surface area contributed by atoms with Crippen LogP contribution in [0.25, 0.3) is 0 Å². The first-order valence-electron chi connectivity index (χ1n) is 12.5. The minimum Gasteiger partial charge on any atom is -0.478 e. The number of benzene rings is 1. The maximum Gasteiger partial charge on any atom is 0.331 e. The van der Waals surface area contributed by atoms with Crippen LogP contribution in [-0.4, -0.2) is 33.2 Å². The van der Waals surface area contributed by atoms with E-state index in [9.17, 15) is 29.7 Å². The van der Waals surface area contributed by atoms with Crippen LogP contribution in [0.1, 0.15) is 63.9 Å². The van der Waals surface area contributed by atoms with Gasteiger partial charge in [0.15, 0.2) is 0 Å². The van der Waals surface area contributed by atoms with Crippen molar-refractivity contribution in [3.8, 4) is 0 Å². The van der Waals surface area contributed by atoms with Crippen LogP contribution >= 0.6 is 0 Å². The van der Waals surface area contributed by atoms with Gasteiger partial charge in [-0.25, -0.2) is 14.4 Å². The molecule has 188 valence electrons. The fourth-order valence-electron chi connectivity index (χ4n) is 6.23. The lowest BCUT2D eigenvalue weighted by Crippen LogP contribution is -2.40. The zero-order chi connectivity index (χ0) is 25.6. The Balaban J connectivity index is 2.23. The fourth-order valence-corrected chi connectivity index (χ4v) is 6.23. The van der Waals surface area contributed by atoms with Crippen LogP contribution in [0.5, 0.6) is 0 Å². The molecule has 0 radical (unpaired) electrons. The number of hydrogen-bond donors (Lipinski definition) is 3. The first-order valence-corrected chi connectivity index (χ1v) is 12.5. The molecule has 0 saturated heterocycles. The minimum absolute atomic E-state index is 0.00507. The van der Waals surface area contributed by atoms with Crippen LogP contribution in [-0.2, 0) is 20.8 Å². The van der Waals surface area contributed by atoms with Crippen LogP contribution in [0.2, 0.25) is 0 Å². The standard InChI is InChI=1S/C29H36O6/c1-19(26(30)31)16-22(17-21-10-4-3-5-11-21)25(28(34)35)18-29(20(2)27(32)33,23-12-6-7-13-23)24-14-8-9-15-24/h3-5,10-11,16,18,22-24H,2,6-9,12-15,17H2,1H3,(H,30,31)(H,32,33)(H,34,35). The Labute approximate surface area is 207 Å². The number of aliphatic carboxylic acids is 3. The molecule has 0 aromatic heterocycles. The van der Waals surface area contributed by atoms with Gasteiger partial charge in [-0.15, -0.1) is 0 Å². The van der Waals surface area contributed by atoms with Crippen LogP contribution in [0, 0.1) is 23.2 Å². The van der Waals surface area contributed by atoms with Crippen LogP contribution in [0.15, 0.2) is 65.8 Å². The molecular formula is C29H36O6. The van der Waals surface area contributed by atoms with Crippen molar-refractivity contribution >= 4 is 17.9 Å². The van der Waals surface area contributed by atoms with Gasteiger partial charge in [0.1, 0.15) is 0 Å². The SMILES string of the molecule is C=C(C(=O)O)C(C=C(C(=O)O)C(C=C(C)C(=O)O)Cc1ccccc1)(C1CCCC1)C1CCCC1. The zero-order valence-corrected chi connectivity index (χ0v) is 20.4. The lowest BCUT2D eigenvalue weighted by Gasteiger charge is -2.43. The van der Waals surface area contributed by atoms with Gasteiger partial charge >= 0.3 is 17.9 Å². The number of carboxylic acid groups (broad SMARTS) is 3. The Bertz CT molecular complexity index is 991. The summed E-state index contributed by atoms with van der Waals surface area (Å²) < 4.78 is 0. The van der Waals surface area contributed by atoms with Gasteiger partial charge in [-0.05, 0) is 56.4 Å². The van der Waals surface area contributed by atoms with E-state index in [1.807, 2.05) is 30.3 Å². The minimum atomic E-state index is -1.15. The summed E-state index contributed by atoms with van der Waals surface area (Å²) in [5, 5.41) is 30.1. The van der Waals surface area contributed by atoms with Crippen LogP contribution < -0.4 is 0 Å². The van der Waals surface area contributed by atoms with Crippen LogP contribution in [0.4, 0.5) is 0 Å². The third kappa shape index (κ3) is 5.92. The highest BCUT2D eigenvalue weighted by molar-refractivity contribution is 5.92. The van der Waals surface area contributed by atoms with E-state index in [1.54, 1.807) is 6.08 Å². The van der Waals surface area contributed by atoms with Gasteiger partial charge in [0.25, 0.3) is 0 Å². The fraction of sp³-hybridized carbons (Fsp3) is 0.483. The Hall–Kier alpha value is -3.15. The molecular weight excluding hydrogens is 444 g/mol. The number of hydrogen-bond acceptors (Lipinski definition) is 3. The summed E-state index contributed by atoms with van der Waals surface area (Å²) in [5.41, 5.74) is 0.0842. The van der Waals surface area contributed by atoms with Crippen LogP contribution in [0.3, 0.4) is 0 Å². The van der Waals surface area contributed by atoms with Crippen molar-refractivity contribution in [2.45, 2.75) is 64.7 Å². The topological polar surface area (TPSA) is 112 Å². The highest BCUT2D eigenvalue weighted by atomic mass is 16.4. The Morgan fingerprint density at radius 1 is 0.914 bits per heavy atom. The van der Waals surface area contributed by atoms with Gasteiger partial charge in [0.2, 0.25) is 0 Å². The Morgan fingerprint density at radius 3 is 1.86 bits per heavy atom. The largest absolute Gasteiger partial charge is 0.478 e. The van der Waals surface area contributed by atoms with Crippen molar-refractivity contribution in [2.75, 3.05) is 0 Å². The number of allylic oxidation sites excluding steroid dienone is 2. The Kier molecular flexibility index (Phi) is 8.71. The number of rotatable bonds is 11. The van der Waals surface area contributed by atoms with Gasteiger partial charge in [-0.1, -0.05) is 74.7 Å². The van der Waals surface area contributed by atoms with E-state index in [4.69, 9.17) is 0 Å². The molecule has 0 spiro atoms. The molecule has 3 rings (SSSR count). The lowest BCUT2D eigenvalue weighted by atomic mass is 9.59. The molecule has 2 aliphatic carbocycles. The second-order valence-corrected chi connectivity index (χ2v) is 10.0.